The predicted octanol–water partition coefficient (Wildman–Crippen LogP) is 2.09. The van der Waals surface area contributed by atoms with E-state index in [0.717, 1.165) is 17.8 Å². The van der Waals surface area contributed by atoms with Crippen LogP contribution in [0.3, 0.4) is 0 Å². The van der Waals surface area contributed by atoms with E-state index >= 15 is 0 Å². The van der Waals surface area contributed by atoms with Crippen molar-refractivity contribution in [2.24, 2.45) is 0 Å². The SMILES string of the molecule is Cc1ccc(C2CC(C(=O)NCC(C)n3nc(C)cc3C)NN2)cc1. The van der Waals surface area contributed by atoms with Crippen molar-refractivity contribution in [1.29, 1.82) is 0 Å². The first kappa shape index (κ1) is 17.6. The van der Waals surface area contributed by atoms with Gasteiger partial charge >= 0.3 is 0 Å². The highest BCUT2D eigenvalue weighted by molar-refractivity contribution is 5.82. The minimum Gasteiger partial charge on any atom is -0.353 e. The molecule has 1 aliphatic rings. The summed E-state index contributed by atoms with van der Waals surface area (Å²) in [4.78, 5) is 12.5. The van der Waals surface area contributed by atoms with E-state index in [4.69, 9.17) is 0 Å². The van der Waals surface area contributed by atoms with Crippen LogP contribution in [0.15, 0.2) is 30.3 Å². The van der Waals surface area contributed by atoms with Crippen LogP contribution in [0.25, 0.3) is 0 Å². The number of aromatic nitrogens is 2. The molecule has 1 saturated heterocycles. The topological polar surface area (TPSA) is 71.0 Å². The number of aryl methyl sites for hydroxylation is 3. The minimum absolute atomic E-state index is 0.0236. The van der Waals surface area contributed by atoms with Gasteiger partial charge in [0.25, 0.3) is 0 Å². The fourth-order valence-electron chi connectivity index (χ4n) is 3.30. The Bertz CT molecular complexity index is 737. The molecule has 3 N–H and O–H groups in total. The summed E-state index contributed by atoms with van der Waals surface area (Å²) in [5.41, 5.74) is 10.9. The second-order valence-corrected chi connectivity index (χ2v) is 7.01. The smallest absolute Gasteiger partial charge is 0.238 e. The molecule has 3 atom stereocenters. The Hall–Kier alpha value is -2.18. The van der Waals surface area contributed by atoms with Crippen LogP contribution in [-0.2, 0) is 4.79 Å². The van der Waals surface area contributed by atoms with Crippen LogP contribution in [0.2, 0.25) is 0 Å². The lowest BCUT2D eigenvalue weighted by Gasteiger charge is -2.17. The monoisotopic (exact) mass is 341 g/mol. The molecule has 0 radical (unpaired) electrons. The van der Waals surface area contributed by atoms with Crippen molar-refractivity contribution < 1.29 is 4.79 Å². The Kier molecular flexibility index (Phi) is 5.20. The highest BCUT2D eigenvalue weighted by Crippen LogP contribution is 2.22. The van der Waals surface area contributed by atoms with E-state index in [0.29, 0.717) is 6.54 Å². The molecule has 0 spiro atoms. The van der Waals surface area contributed by atoms with Crippen LogP contribution in [-0.4, -0.2) is 28.3 Å². The second-order valence-electron chi connectivity index (χ2n) is 7.01. The molecule has 3 rings (SSSR count). The number of carbonyl (C=O) groups is 1. The summed E-state index contributed by atoms with van der Waals surface area (Å²) in [6.45, 7) is 8.72. The van der Waals surface area contributed by atoms with Crippen molar-refractivity contribution in [2.75, 3.05) is 6.54 Å². The standard InChI is InChI=1S/C19H27N5O/c1-12-5-7-16(8-6-12)17-10-18(22-21-17)19(25)20-11-15(4)24-14(3)9-13(2)23-24/h5-9,15,17-18,21-22H,10-11H2,1-4H3,(H,20,25). The lowest BCUT2D eigenvalue weighted by atomic mass is 10.0. The molecule has 25 heavy (non-hydrogen) atoms. The highest BCUT2D eigenvalue weighted by atomic mass is 16.2. The molecule has 0 aliphatic carbocycles. The van der Waals surface area contributed by atoms with E-state index in [1.54, 1.807) is 0 Å². The highest BCUT2D eigenvalue weighted by Gasteiger charge is 2.30. The molecular formula is C19H27N5O. The maximum absolute atomic E-state index is 12.5. The molecule has 2 heterocycles. The number of rotatable bonds is 5. The van der Waals surface area contributed by atoms with E-state index in [2.05, 4.69) is 59.4 Å². The molecule has 1 fully saturated rings. The molecule has 1 aromatic heterocycles. The summed E-state index contributed by atoms with van der Waals surface area (Å²) in [5.74, 6) is 0.0236. The lowest BCUT2D eigenvalue weighted by molar-refractivity contribution is -0.123. The van der Waals surface area contributed by atoms with E-state index < -0.39 is 0 Å². The maximum Gasteiger partial charge on any atom is 0.238 e. The zero-order valence-electron chi connectivity index (χ0n) is 15.3. The van der Waals surface area contributed by atoms with Crippen LogP contribution in [0, 0.1) is 20.8 Å². The first-order valence-electron chi connectivity index (χ1n) is 8.82. The third kappa shape index (κ3) is 4.08. The van der Waals surface area contributed by atoms with Crippen molar-refractivity contribution in [3.05, 3.63) is 52.8 Å². The summed E-state index contributed by atoms with van der Waals surface area (Å²) in [7, 11) is 0. The van der Waals surface area contributed by atoms with E-state index in [9.17, 15) is 4.79 Å². The van der Waals surface area contributed by atoms with Gasteiger partial charge < -0.3 is 5.32 Å². The molecule has 134 valence electrons. The summed E-state index contributed by atoms with van der Waals surface area (Å²) in [6.07, 6.45) is 0.739. The molecular weight excluding hydrogens is 314 g/mol. The Labute approximate surface area is 149 Å². The number of hydrazine groups is 1. The van der Waals surface area contributed by atoms with Crippen molar-refractivity contribution in [3.63, 3.8) is 0 Å². The fourth-order valence-corrected chi connectivity index (χ4v) is 3.30. The molecule has 0 saturated carbocycles. The van der Waals surface area contributed by atoms with Gasteiger partial charge in [0.1, 0.15) is 6.04 Å². The van der Waals surface area contributed by atoms with Gasteiger partial charge in [0.05, 0.1) is 11.7 Å². The lowest BCUT2D eigenvalue weighted by Crippen LogP contribution is -2.44. The molecule has 2 aromatic rings. The molecule has 3 unspecified atom stereocenters. The minimum atomic E-state index is -0.223. The Balaban J connectivity index is 1.52. The molecule has 6 nitrogen and oxygen atoms in total. The van der Waals surface area contributed by atoms with Gasteiger partial charge in [-0.2, -0.15) is 5.10 Å². The van der Waals surface area contributed by atoms with Crippen LogP contribution >= 0.6 is 0 Å². The third-order valence-electron chi connectivity index (χ3n) is 4.73. The van der Waals surface area contributed by atoms with Gasteiger partial charge in [0.15, 0.2) is 0 Å². The van der Waals surface area contributed by atoms with Gasteiger partial charge in [-0.1, -0.05) is 29.8 Å². The summed E-state index contributed by atoms with van der Waals surface area (Å²) in [6, 6.07) is 10.5. The zero-order valence-corrected chi connectivity index (χ0v) is 15.3. The van der Waals surface area contributed by atoms with E-state index in [1.807, 2.05) is 24.6 Å². The summed E-state index contributed by atoms with van der Waals surface area (Å²) in [5, 5.41) is 7.52. The van der Waals surface area contributed by atoms with Crippen LogP contribution < -0.4 is 16.2 Å². The Morgan fingerprint density at radius 3 is 2.64 bits per heavy atom. The molecule has 1 amide bonds. The summed E-state index contributed by atoms with van der Waals surface area (Å²) >= 11 is 0. The van der Waals surface area contributed by atoms with Crippen LogP contribution in [0.4, 0.5) is 0 Å². The second kappa shape index (κ2) is 7.37. The van der Waals surface area contributed by atoms with Gasteiger partial charge in [-0.25, -0.2) is 10.9 Å². The Morgan fingerprint density at radius 1 is 1.28 bits per heavy atom. The van der Waals surface area contributed by atoms with Crippen molar-refractivity contribution in [1.82, 2.24) is 25.9 Å². The first-order valence-corrected chi connectivity index (χ1v) is 8.82. The van der Waals surface area contributed by atoms with Gasteiger partial charge in [-0.15, -0.1) is 0 Å². The third-order valence-corrected chi connectivity index (χ3v) is 4.73. The molecule has 1 aliphatic heterocycles. The number of benzene rings is 1. The normalized spacial score (nSPS) is 21.3. The largest absolute Gasteiger partial charge is 0.353 e. The summed E-state index contributed by atoms with van der Waals surface area (Å²) < 4.78 is 1.96. The van der Waals surface area contributed by atoms with Gasteiger partial charge in [0.2, 0.25) is 5.91 Å². The number of amides is 1. The number of carbonyl (C=O) groups excluding carboxylic acids is 1. The van der Waals surface area contributed by atoms with E-state index in [-0.39, 0.29) is 24.0 Å². The first-order chi connectivity index (χ1) is 11.9. The van der Waals surface area contributed by atoms with Crippen molar-refractivity contribution in [3.8, 4) is 0 Å². The van der Waals surface area contributed by atoms with Crippen LogP contribution in [0.5, 0.6) is 0 Å². The van der Waals surface area contributed by atoms with E-state index in [1.165, 1.54) is 11.1 Å². The molecule has 6 heteroatoms. The van der Waals surface area contributed by atoms with Crippen molar-refractivity contribution >= 4 is 5.91 Å². The van der Waals surface area contributed by atoms with Crippen LogP contribution in [0.1, 0.15) is 47.9 Å². The zero-order chi connectivity index (χ0) is 18.0. The quantitative estimate of drug-likeness (QED) is 0.779. The maximum atomic E-state index is 12.5. The number of nitrogens with one attached hydrogen (secondary N) is 3. The number of nitrogens with zero attached hydrogens (tertiary/aromatic N) is 2. The number of hydrogen-bond donors (Lipinski definition) is 3. The Morgan fingerprint density at radius 2 is 2.00 bits per heavy atom. The molecule has 1 aromatic carbocycles. The van der Waals surface area contributed by atoms with Gasteiger partial charge in [-0.05, 0) is 45.7 Å². The number of hydrogen-bond acceptors (Lipinski definition) is 4. The predicted molar refractivity (Wildman–Crippen MR) is 98.0 cm³/mol. The molecule has 0 bridgehead atoms. The average molecular weight is 341 g/mol. The average Bonchev–Trinajstić information content (AvgIpc) is 3.20. The van der Waals surface area contributed by atoms with Gasteiger partial charge in [-0.3, -0.25) is 9.48 Å². The fraction of sp³-hybridized carbons (Fsp3) is 0.474. The van der Waals surface area contributed by atoms with Gasteiger partial charge in [0, 0.05) is 18.3 Å². The van der Waals surface area contributed by atoms with Crippen molar-refractivity contribution in [2.45, 2.75) is 52.2 Å².